The second-order valence-electron chi connectivity index (χ2n) is 6.59. The molecule has 3 rings (SSSR count). The minimum Gasteiger partial charge on any atom is -0.369 e. The van der Waals surface area contributed by atoms with Gasteiger partial charge in [0.1, 0.15) is 17.0 Å². The van der Waals surface area contributed by atoms with Crippen molar-refractivity contribution in [2.45, 2.75) is 49.2 Å². The van der Waals surface area contributed by atoms with E-state index >= 15 is 0 Å². The smallest absolute Gasteiger partial charge is 0.266 e. The van der Waals surface area contributed by atoms with E-state index in [4.69, 9.17) is 17.3 Å². The fourth-order valence-electron chi connectivity index (χ4n) is 2.85. The van der Waals surface area contributed by atoms with Gasteiger partial charge in [-0.15, -0.1) is 0 Å². The predicted octanol–water partition coefficient (Wildman–Crippen LogP) is 2.75. The molecule has 1 saturated heterocycles. The number of nitrogens with two attached hydrogens (primary N) is 1. The Labute approximate surface area is 172 Å². The molecule has 2 heterocycles. The van der Waals surface area contributed by atoms with E-state index in [1.54, 1.807) is 0 Å². The van der Waals surface area contributed by atoms with Crippen LogP contribution >= 0.6 is 23.1 Å². The van der Waals surface area contributed by atoms with Crippen molar-refractivity contribution in [3.05, 3.63) is 29.3 Å². The van der Waals surface area contributed by atoms with Gasteiger partial charge in [-0.05, 0) is 37.9 Å². The number of sulfonamides is 1. The molecular formula is C16H22ClFN6O2S2. The summed E-state index contributed by atoms with van der Waals surface area (Å²) in [6.45, 7) is 1.10. The van der Waals surface area contributed by atoms with Crippen molar-refractivity contribution in [1.29, 1.82) is 0 Å². The van der Waals surface area contributed by atoms with Crippen LogP contribution in [0.2, 0.25) is 5.02 Å². The normalized spacial score (nSPS) is 17.8. The van der Waals surface area contributed by atoms with E-state index in [0.717, 1.165) is 49.5 Å². The molecular weight excluding hydrogens is 427 g/mol. The summed E-state index contributed by atoms with van der Waals surface area (Å²) in [5.41, 5.74) is 6.30. The fourth-order valence-corrected chi connectivity index (χ4v) is 4.89. The van der Waals surface area contributed by atoms with E-state index in [2.05, 4.69) is 24.7 Å². The van der Waals surface area contributed by atoms with E-state index < -0.39 is 26.9 Å². The van der Waals surface area contributed by atoms with Crippen molar-refractivity contribution >= 4 is 44.0 Å². The lowest BCUT2D eigenvalue weighted by atomic mass is 10.00. The summed E-state index contributed by atoms with van der Waals surface area (Å²) in [7, 11) is -4.17. The molecule has 2 aromatic rings. The zero-order valence-corrected chi connectivity index (χ0v) is 17.4. The van der Waals surface area contributed by atoms with Gasteiger partial charge in [-0.1, -0.05) is 24.4 Å². The van der Waals surface area contributed by atoms with Gasteiger partial charge in [0.25, 0.3) is 10.0 Å². The molecule has 0 saturated carbocycles. The largest absolute Gasteiger partial charge is 0.369 e. The van der Waals surface area contributed by atoms with Crippen LogP contribution in [-0.2, 0) is 10.0 Å². The van der Waals surface area contributed by atoms with Gasteiger partial charge in [0.2, 0.25) is 5.13 Å². The Morgan fingerprint density at radius 2 is 2.21 bits per heavy atom. The summed E-state index contributed by atoms with van der Waals surface area (Å²) in [6.07, 6.45) is 5.83. The number of nitrogens with one attached hydrogen (secondary N) is 3. The van der Waals surface area contributed by atoms with Crippen molar-refractivity contribution in [3.8, 4) is 0 Å². The third-order valence-corrected chi connectivity index (χ3v) is 6.85. The molecule has 0 bridgehead atoms. The van der Waals surface area contributed by atoms with Gasteiger partial charge in [0.05, 0.1) is 16.9 Å². The lowest BCUT2D eigenvalue weighted by Gasteiger charge is -2.27. The van der Waals surface area contributed by atoms with Crippen molar-refractivity contribution in [2.75, 3.05) is 16.6 Å². The Bertz CT molecular complexity index is 893. The summed E-state index contributed by atoms with van der Waals surface area (Å²) >= 11 is 6.99. The first-order chi connectivity index (χ1) is 13.3. The SMILES string of the molecule is NC(CCCC[C@@H]1CCN1)Nc1cc(F)c(S(=O)(=O)Nc2ncns2)cc1Cl. The highest BCUT2D eigenvalue weighted by molar-refractivity contribution is 7.93. The molecule has 1 unspecified atom stereocenters. The van der Waals surface area contributed by atoms with E-state index in [-0.39, 0.29) is 15.8 Å². The lowest BCUT2D eigenvalue weighted by Crippen LogP contribution is -2.42. The maximum Gasteiger partial charge on any atom is 0.266 e. The molecule has 0 aliphatic carbocycles. The second kappa shape index (κ2) is 9.31. The first kappa shape index (κ1) is 21.2. The van der Waals surface area contributed by atoms with Crippen LogP contribution in [0.15, 0.2) is 23.4 Å². The van der Waals surface area contributed by atoms with Crippen molar-refractivity contribution in [3.63, 3.8) is 0 Å². The van der Waals surface area contributed by atoms with Crippen molar-refractivity contribution < 1.29 is 12.8 Å². The van der Waals surface area contributed by atoms with Gasteiger partial charge in [-0.3, -0.25) is 4.72 Å². The molecule has 1 aliphatic heterocycles. The number of unbranched alkanes of at least 4 members (excludes halogenated alkanes) is 1. The number of hydrogen-bond acceptors (Lipinski definition) is 8. The Kier molecular flexibility index (Phi) is 7.05. The topological polar surface area (TPSA) is 122 Å². The van der Waals surface area contributed by atoms with Gasteiger partial charge in [0, 0.05) is 17.6 Å². The molecule has 0 radical (unpaired) electrons. The molecule has 5 N–H and O–H groups in total. The summed E-state index contributed by atoms with van der Waals surface area (Å²) in [5, 5.41) is 6.40. The monoisotopic (exact) mass is 448 g/mol. The Morgan fingerprint density at radius 3 is 2.86 bits per heavy atom. The molecule has 0 spiro atoms. The van der Waals surface area contributed by atoms with Crippen molar-refractivity contribution in [1.82, 2.24) is 14.7 Å². The predicted molar refractivity (Wildman–Crippen MR) is 109 cm³/mol. The van der Waals surface area contributed by atoms with E-state index in [1.807, 2.05) is 0 Å². The molecule has 1 aromatic carbocycles. The van der Waals surface area contributed by atoms with Crippen LogP contribution in [0.1, 0.15) is 32.1 Å². The number of halogens is 2. The number of rotatable bonds is 10. The van der Waals surface area contributed by atoms with E-state index in [0.29, 0.717) is 12.5 Å². The molecule has 1 aromatic heterocycles. The molecule has 28 heavy (non-hydrogen) atoms. The van der Waals surface area contributed by atoms with Crippen LogP contribution in [0, 0.1) is 5.82 Å². The van der Waals surface area contributed by atoms with E-state index in [1.165, 1.54) is 12.7 Å². The molecule has 2 atom stereocenters. The van der Waals surface area contributed by atoms with Crippen LogP contribution in [0.4, 0.5) is 15.2 Å². The number of anilines is 2. The lowest BCUT2D eigenvalue weighted by molar-refractivity contribution is 0.339. The third kappa shape index (κ3) is 5.51. The van der Waals surface area contributed by atoms with Gasteiger partial charge in [-0.25, -0.2) is 17.8 Å². The minimum atomic E-state index is -4.17. The van der Waals surface area contributed by atoms with Gasteiger partial charge in [0.15, 0.2) is 0 Å². The van der Waals surface area contributed by atoms with Gasteiger partial charge < -0.3 is 16.4 Å². The average Bonchev–Trinajstić information content (AvgIpc) is 3.08. The maximum absolute atomic E-state index is 14.4. The quantitative estimate of drug-likeness (QED) is 0.325. The molecule has 12 heteroatoms. The highest BCUT2D eigenvalue weighted by Gasteiger charge is 2.23. The first-order valence-corrected chi connectivity index (χ1v) is 11.5. The van der Waals surface area contributed by atoms with Crippen molar-refractivity contribution in [2.24, 2.45) is 5.73 Å². The maximum atomic E-state index is 14.4. The van der Waals surface area contributed by atoms with Crippen LogP contribution in [0.3, 0.4) is 0 Å². The second-order valence-corrected chi connectivity index (χ2v) is 9.43. The van der Waals surface area contributed by atoms with E-state index in [9.17, 15) is 12.8 Å². The molecule has 154 valence electrons. The third-order valence-electron chi connectivity index (χ3n) is 4.48. The fraction of sp³-hybridized carbons (Fsp3) is 0.500. The Balaban J connectivity index is 1.59. The zero-order chi connectivity index (χ0) is 20.1. The number of aromatic nitrogens is 2. The average molecular weight is 449 g/mol. The summed E-state index contributed by atoms with van der Waals surface area (Å²) < 4.78 is 45.0. The molecule has 1 aliphatic rings. The van der Waals surface area contributed by atoms with Crippen LogP contribution in [0.25, 0.3) is 0 Å². The number of benzene rings is 1. The van der Waals surface area contributed by atoms with Crippen LogP contribution in [0.5, 0.6) is 0 Å². The van der Waals surface area contributed by atoms with Gasteiger partial charge in [-0.2, -0.15) is 4.37 Å². The number of nitrogens with zero attached hydrogens (tertiary/aromatic N) is 2. The van der Waals surface area contributed by atoms with Gasteiger partial charge >= 0.3 is 0 Å². The Hall–Kier alpha value is -1.53. The zero-order valence-electron chi connectivity index (χ0n) is 15.0. The Morgan fingerprint density at radius 1 is 1.43 bits per heavy atom. The standard InChI is InChI=1S/C16H22ClFN6O2S2/c17-11-7-14(28(25,26)24-16-21-9-22-27-16)12(18)8-13(11)23-15(19)4-2-1-3-10-5-6-20-10/h7-10,15,20,23H,1-6,19H2,(H,21,22,24)/t10-,15?/m1/s1. The summed E-state index contributed by atoms with van der Waals surface area (Å²) in [6, 6.07) is 2.71. The van der Waals surface area contributed by atoms with Crippen LogP contribution in [-0.4, -0.2) is 36.5 Å². The molecule has 1 fully saturated rings. The minimum absolute atomic E-state index is 0.0387. The summed E-state index contributed by atoms with van der Waals surface area (Å²) in [4.78, 5) is 3.15. The number of hydrogen-bond donors (Lipinski definition) is 4. The highest BCUT2D eigenvalue weighted by Crippen LogP contribution is 2.30. The summed E-state index contributed by atoms with van der Waals surface area (Å²) in [5.74, 6) is -0.938. The molecule has 0 amide bonds. The van der Waals surface area contributed by atoms with Crippen LogP contribution < -0.4 is 21.1 Å². The molecule has 8 nitrogen and oxygen atoms in total. The first-order valence-electron chi connectivity index (χ1n) is 8.89. The highest BCUT2D eigenvalue weighted by atomic mass is 35.5.